The molecule has 0 radical (unpaired) electrons. The summed E-state index contributed by atoms with van der Waals surface area (Å²) in [5.74, 6) is -0.820. The summed E-state index contributed by atoms with van der Waals surface area (Å²) in [6.07, 6.45) is 0. The molecule has 14 heavy (non-hydrogen) atoms. The maximum atomic E-state index is 10.7. The molecule has 1 aromatic carbocycles. The standard InChI is InChI=1S/C9H5IO3S/c10-5-1-2-6(11)8-4(5)3-7(14-8)9(12)13/h1-3,11H,(H,12,13). The normalized spacial score (nSPS) is 10.6. The zero-order valence-electron chi connectivity index (χ0n) is 6.82. The number of thiophene rings is 1. The van der Waals surface area contributed by atoms with Crippen LogP contribution in [0.2, 0.25) is 0 Å². The van der Waals surface area contributed by atoms with Gasteiger partial charge in [-0.2, -0.15) is 0 Å². The Morgan fingerprint density at radius 2 is 2.14 bits per heavy atom. The number of carbonyl (C=O) groups is 1. The predicted molar refractivity (Wildman–Crippen MR) is 63.2 cm³/mol. The molecule has 0 spiro atoms. The van der Waals surface area contributed by atoms with E-state index in [1.54, 1.807) is 18.2 Å². The van der Waals surface area contributed by atoms with E-state index < -0.39 is 5.97 Å². The van der Waals surface area contributed by atoms with Gasteiger partial charge in [0.1, 0.15) is 10.6 Å². The van der Waals surface area contributed by atoms with Crippen LogP contribution in [0.3, 0.4) is 0 Å². The first-order chi connectivity index (χ1) is 6.59. The quantitative estimate of drug-likeness (QED) is 0.795. The summed E-state index contributed by atoms with van der Waals surface area (Å²) in [5, 5.41) is 19.1. The summed E-state index contributed by atoms with van der Waals surface area (Å²) in [7, 11) is 0. The number of phenols is 1. The van der Waals surface area contributed by atoms with Crippen molar-refractivity contribution in [2.45, 2.75) is 0 Å². The molecule has 2 N–H and O–H groups in total. The summed E-state index contributed by atoms with van der Waals surface area (Å²) < 4.78 is 1.58. The molecule has 0 saturated carbocycles. The van der Waals surface area contributed by atoms with Gasteiger partial charge in [0, 0.05) is 8.96 Å². The van der Waals surface area contributed by atoms with Crippen molar-refractivity contribution in [1.82, 2.24) is 0 Å². The number of hydrogen-bond acceptors (Lipinski definition) is 3. The SMILES string of the molecule is O=C(O)c1cc2c(I)ccc(O)c2s1. The minimum Gasteiger partial charge on any atom is -0.506 e. The minimum atomic E-state index is -0.957. The second-order valence-electron chi connectivity index (χ2n) is 2.73. The molecule has 0 unspecified atom stereocenters. The summed E-state index contributed by atoms with van der Waals surface area (Å²) in [6, 6.07) is 4.92. The van der Waals surface area contributed by atoms with E-state index in [2.05, 4.69) is 22.6 Å². The Balaban J connectivity index is 2.82. The molecule has 0 saturated heterocycles. The third-order valence-corrected chi connectivity index (χ3v) is 3.91. The van der Waals surface area contributed by atoms with Crippen LogP contribution >= 0.6 is 33.9 Å². The smallest absolute Gasteiger partial charge is 0.345 e. The third-order valence-electron chi connectivity index (χ3n) is 1.82. The molecule has 72 valence electrons. The molecule has 0 fully saturated rings. The maximum Gasteiger partial charge on any atom is 0.345 e. The first kappa shape index (κ1) is 9.72. The lowest BCUT2D eigenvalue weighted by Crippen LogP contribution is -1.89. The zero-order chi connectivity index (χ0) is 10.3. The fourth-order valence-electron chi connectivity index (χ4n) is 1.18. The lowest BCUT2D eigenvalue weighted by molar-refractivity contribution is 0.0702. The molecule has 0 atom stereocenters. The molecule has 1 aromatic heterocycles. The fraction of sp³-hybridized carbons (Fsp3) is 0. The van der Waals surface area contributed by atoms with Crippen molar-refractivity contribution in [2.24, 2.45) is 0 Å². The number of benzene rings is 1. The van der Waals surface area contributed by atoms with Crippen molar-refractivity contribution >= 4 is 50.0 Å². The van der Waals surface area contributed by atoms with Gasteiger partial charge >= 0.3 is 5.97 Å². The topological polar surface area (TPSA) is 57.5 Å². The van der Waals surface area contributed by atoms with Crippen molar-refractivity contribution in [3.05, 3.63) is 26.6 Å². The van der Waals surface area contributed by atoms with Gasteiger partial charge in [0.05, 0.1) is 4.70 Å². The van der Waals surface area contributed by atoms with Gasteiger partial charge < -0.3 is 10.2 Å². The molecule has 2 aromatic rings. The molecule has 0 aliphatic carbocycles. The van der Waals surface area contributed by atoms with Crippen LogP contribution in [-0.2, 0) is 0 Å². The maximum absolute atomic E-state index is 10.7. The number of carboxylic acid groups (broad SMARTS) is 1. The Hall–Kier alpha value is -0.820. The van der Waals surface area contributed by atoms with Crippen molar-refractivity contribution in [3.8, 4) is 5.75 Å². The lowest BCUT2D eigenvalue weighted by Gasteiger charge is -1.95. The highest BCUT2D eigenvalue weighted by atomic mass is 127. The van der Waals surface area contributed by atoms with E-state index in [0.717, 1.165) is 20.3 Å². The summed E-state index contributed by atoms with van der Waals surface area (Å²) in [6.45, 7) is 0. The highest BCUT2D eigenvalue weighted by Crippen LogP contribution is 2.35. The van der Waals surface area contributed by atoms with Crippen LogP contribution in [0.15, 0.2) is 18.2 Å². The molecule has 0 aliphatic rings. The predicted octanol–water partition coefficient (Wildman–Crippen LogP) is 2.91. The Morgan fingerprint density at radius 1 is 1.43 bits per heavy atom. The number of carboxylic acids is 1. The molecule has 3 nitrogen and oxygen atoms in total. The van der Waals surface area contributed by atoms with E-state index >= 15 is 0 Å². The van der Waals surface area contributed by atoms with Gasteiger partial charge in [-0.3, -0.25) is 0 Å². The van der Waals surface area contributed by atoms with E-state index in [-0.39, 0.29) is 10.6 Å². The van der Waals surface area contributed by atoms with Gasteiger partial charge in [-0.25, -0.2) is 4.79 Å². The first-order valence-corrected chi connectivity index (χ1v) is 5.63. The van der Waals surface area contributed by atoms with Crippen LogP contribution in [0.25, 0.3) is 10.1 Å². The van der Waals surface area contributed by atoms with Gasteiger partial charge in [0.25, 0.3) is 0 Å². The highest BCUT2D eigenvalue weighted by Gasteiger charge is 2.12. The lowest BCUT2D eigenvalue weighted by atomic mass is 10.2. The zero-order valence-corrected chi connectivity index (χ0v) is 9.79. The molecule has 0 bridgehead atoms. The number of halogens is 1. The van der Waals surface area contributed by atoms with Crippen LogP contribution in [0, 0.1) is 3.57 Å². The van der Waals surface area contributed by atoms with Gasteiger partial charge in [0.15, 0.2) is 0 Å². The second-order valence-corrected chi connectivity index (χ2v) is 4.94. The average Bonchev–Trinajstić information content (AvgIpc) is 2.57. The number of aromatic hydroxyl groups is 1. The first-order valence-electron chi connectivity index (χ1n) is 3.74. The van der Waals surface area contributed by atoms with Crippen molar-refractivity contribution in [1.29, 1.82) is 0 Å². The van der Waals surface area contributed by atoms with E-state index in [0.29, 0.717) is 4.70 Å². The van der Waals surface area contributed by atoms with E-state index in [9.17, 15) is 9.90 Å². The number of phenolic OH excluding ortho intramolecular Hbond substituents is 1. The van der Waals surface area contributed by atoms with Gasteiger partial charge in [-0.1, -0.05) is 0 Å². The van der Waals surface area contributed by atoms with Crippen LogP contribution < -0.4 is 0 Å². The number of rotatable bonds is 1. The largest absolute Gasteiger partial charge is 0.506 e. The number of fused-ring (bicyclic) bond motifs is 1. The molecule has 0 amide bonds. The van der Waals surface area contributed by atoms with E-state index in [1.165, 1.54) is 0 Å². The number of hydrogen-bond donors (Lipinski definition) is 2. The Morgan fingerprint density at radius 3 is 2.71 bits per heavy atom. The summed E-state index contributed by atoms with van der Waals surface area (Å²) >= 11 is 3.21. The highest BCUT2D eigenvalue weighted by molar-refractivity contribution is 14.1. The molecule has 1 heterocycles. The van der Waals surface area contributed by atoms with Gasteiger partial charge in [-0.05, 0) is 40.8 Å². The van der Waals surface area contributed by atoms with E-state index in [4.69, 9.17) is 5.11 Å². The molecule has 0 aliphatic heterocycles. The molecule has 2 rings (SSSR count). The van der Waals surface area contributed by atoms with Crippen molar-refractivity contribution < 1.29 is 15.0 Å². The van der Waals surface area contributed by atoms with Gasteiger partial charge in [0.2, 0.25) is 0 Å². The third kappa shape index (κ3) is 1.46. The minimum absolute atomic E-state index is 0.137. The number of aromatic carboxylic acids is 1. The molecular weight excluding hydrogens is 315 g/mol. The average molecular weight is 320 g/mol. The summed E-state index contributed by atoms with van der Waals surface area (Å²) in [4.78, 5) is 11.0. The Labute approximate surface area is 97.1 Å². The van der Waals surface area contributed by atoms with Crippen LogP contribution in [0.1, 0.15) is 9.67 Å². The van der Waals surface area contributed by atoms with Crippen LogP contribution in [0.4, 0.5) is 0 Å². The van der Waals surface area contributed by atoms with Crippen molar-refractivity contribution in [2.75, 3.05) is 0 Å². The Bertz CT molecular complexity index is 479. The molecule has 5 heteroatoms. The van der Waals surface area contributed by atoms with Crippen LogP contribution in [-0.4, -0.2) is 16.2 Å². The van der Waals surface area contributed by atoms with Gasteiger partial charge in [-0.15, -0.1) is 11.3 Å². The van der Waals surface area contributed by atoms with E-state index in [1.807, 2.05) is 0 Å². The van der Waals surface area contributed by atoms with Crippen molar-refractivity contribution in [3.63, 3.8) is 0 Å². The second kappa shape index (κ2) is 3.39. The summed E-state index contributed by atoms with van der Waals surface area (Å²) in [5.41, 5.74) is 0. The van der Waals surface area contributed by atoms with Crippen LogP contribution in [0.5, 0.6) is 5.75 Å². The fourth-order valence-corrected chi connectivity index (χ4v) is 2.91. The Kier molecular flexibility index (Phi) is 2.36. The monoisotopic (exact) mass is 320 g/mol. The molecular formula is C9H5IO3S.